The molecule has 1 amide bonds. The topological polar surface area (TPSA) is 85.8 Å². The van der Waals surface area contributed by atoms with E-state index in [1.807, 2.05) is 76.2 Å². The van der Waals surface area contributed by atoms with Crippen molar-refractivity contribution in [2.75, 3.05) is 13.1 Å². The molecule has 0 bridgehead atoms. The maximum Gasteiger partial charge on any atom is 0.410 e. The molecule has 7 nitrogen and oxygen atoms in total. The molecule has 6 rings (SSSR count). The predicted molar refractivity (Wildman–Crippen MR) is 199 cm³/mol. The number of rotatable bonds is 14. The smallest absolute Gasteiger partial charge is 0.410 e. The highest BCUT2D eigenvalue weighted by atomic mass is 32.1. The number of amides is 1. The normalized spacial score (nSPS) is 13.5. The highest BCUT2D eigenvalue weighted by molar-refractivity contribution is 7.22. The van der Waals surface area contributed by atoms with Crippen LogP contribution in [-0.4, -0.2) is 46.2 Å². The minimum absolute atomic E-state index is 0.0117. The molecule has 1 fully saturated rings. The maximum atomic E-state index is 15.4. The maximum absolute atomic E-state index is 15.4. The summed E-state index contributed by atoms with van der Waals surface area (Å²) < 4.78 is 27.9. The van der Waals surface area contributed by atoms with Crippen molar-refractivity contribution in [3.8, 4) is 21.9 Å². The van der Waals surface area contributed by atoms with Gasteiger partial charge in [-0.25, -0.2) is 9.18 Å². The van der Waals surface area contributed by atoms with Crippen molar-refractivity contribution in [1.82, 2.24) is 9.88 Å². The van der Waals surface area contributed by atoms with Crippen LogP contribution in [0.15, 0.2) is 91.1 Å². The third kappa shape index (κ3) is 8.71. The number of carbonyl (C=O) groups is 3. The van der Waals surface area contributed by atoms with Gasteiger partial charge >= 0.3 is 6.09 Å². The fourth-order valence-corrected chi connectivity index (χ4v) is 7.23. The molecule has 0 atom stereocenters. The number of fused-ring (bicyclic) bond motifs is 1. The molecule has 1 saturated carbocycles. The Kier molecular flexibility index (Phi) is 10.7. The number of pyridine rings is 1. The van der Waals surface area contributed by atoms with Crippen molar-refractivity contribution in [3.05, 3.63) is 114 Å². The predicted octanol–water partition coefficient (Wildman–Crippen LogP) is 9.79. The van der Waals surface area contributed by atoms with E-state index < -0.39 is 16.8 Å². The van der Waals surface area contributed by atoms with Crippen LogP contribution in [0.1, 0.15) is 63.6 Å². The van der Waals surface area contributed by atoms with Crippen molar-refractivity contribution >= 4 is 39.2 Å². The molecule has 9 heteroatoms. The summed E-state index contributed by atoms with van der Waals surface area (Å²) in [5, 5.41) is 0. The van der Waals surface area contributed by atoms with Crippen molar-refractivity contribution < 1.29 is 28.2 Å². The third-order valence-electron chi connectivity index (χ3n) is 9.01. The van der Waals surface area contributed by atoms with Gasteiger partial charge in [-0.2, -0.15) is 0 Å². The van der Waals surface area contributed by atoms with Gasteiger partial charge in [0.1, 0.15) is 11.4 Å². The third-order valence-corrected chi connectivity index (χ3v) is 10.2. The van der Waals surface area contributed by atoms with E-state index in [2.05, 4.69) is 17.1 Å². The lowest BCUT2D eigenvalue weighted by atomic mass is 9.88. The number of aromatic nitrogens is 1. The Labute approximate surface area is 302 Å². The highest BCUT2D eigenvalue weighted by Crippen LogP contribution is 2.49. The van der Waals surface area contributed by atoms with Crippen molar-refractivity contribution in [2.45, 2.75) is 71.8 Å². The van der Waals surface area contributed by atoms with E-state index in [4.69, 9.17) is 9.47 Å². The number of hydrogen-bond acceptors (Lipinski definition) is 7. The van der Waals surface area contributed by atoms with Gasteiger partial charge in [0.25, 0.3) is 0 Å². The molecule has 264 valence electrons. The molecule has 2 heterocycles. The molecule has 51 heavy (non-hydrogen) atoms. The van der Waals surface area contributed by atoms with E-state index in [-0.39, 0.29) is 36.3 Å². The van der Waals surface area contributed by atoms with E-state index in [9.17, 15) is 14.4 Å². The Balaban J connectivity index is 1.13. The lowest BCUT2D eigenvalue weighted by Crippen LogP contribution is -2.38. The van der Waals surface area contributed by atoms with E-state index >= 15 is 4.39 Å². The average Bonchev–Trinajstić information content (AvgIpc) is 3.80. The van der Waals surface area contributed by atoms with Gasteiger partial charge in [-0.05, 0) is 86.9 Å². The van der Waals surface area contributed by atoms with Gasteiger partial charge in [0.15, 0.2) is 23.1 Å². The monoisotopic (exact) mass is 706 g/mol. The Hall–Kier alpha value is -4.89. The number of ether oxygens (including phenoxy) is 2. The summed E-state index contributed by atoms with van der Waals surface area (Å²) in [6, 6.07) is 25.9. The number of thiophene rings is 1. The lowest BCUT2D eigenvalue weighted by molar-refractivity contribution is -0.133. The van der Waals surface area contributed by atoms with Crippen LogP contribution in [0, 0.1) is 11.2 Å². The van der Waals surface area contributed by atoms with Crippen LogP contribution in [-0.2, 0) is 33.6 Å². The largest absolute Gasteiger partial charge is 0.453 e. The zero-order chi connectivity index (χ0) is 36.2. The first-order valence-corrected chi connectivity index (χ1v) is 18.3. The Bertz CT molecular complexity index is 2050. The molecule has 1 aliphatic rings. The van der Waals surface area contributed by atoms with Crippen LogP contribution in [0.5, 0.6) is 11.5 Å². The molecule has 0 spiro atoms. The Morgan fingerprint density at radius 3 is 2.25 bits per heavy atom. The number of nitrogens with zero attached hydrogens (tertiary/aromatic N) is 2. The fourth-order valence-electron chi connectivity index (χ4n) is 6.17. The fraction of sp³-hybridized carbons (Fsp3) is 0.333. The number of benzene rings is 3. The molecular formula is C42H43FN2O5S. The van der Waals surface area contributed by atoms with Crippen molar-refractivity contribution in [3.63, 3.8) is 0 Å². The van der Waals surface area contributed by atoms with E-state index in [1.165, 1.54) is 23.5 Å². The summed E-state index contributed by atoms with van der Waals surface area (Å²) in [7, 11) is 0. The van der Waals surface area contributed by atoms with Crippen LogP contribution in [0.25, 0.3) is 20.7 Å². The second-order valence-electron chi connectivity index (χ2n) is 14.2. The van der Waals surface area contributed by atoms with E-state index in [0.29, 0.717) is 43.7 Å². The first-order valence-electron chi connectivity index (χ1n) is 17.5. The second-order valence-corrected chi connectivity index (χ2v) is 15.2. The first-order chi connectivity index (χ1) is 24.4. The zero-order valence-corrected chi connectivity index (χ0v) is 30.4. The minimum Gasteiger partial charge on any atom is -0.453 e. The number of halogens is 1. The number of Topliss-reactive ketones (excluding diaryl/α,β-unsaturated/α-hetero) is 2. The standard InChI is InChI=1S/C42H43FN2O5S/c1-5-21-45(40(48)50-41(2,3)4)22-17-29-12-9-13-31(23-29)36-27-33-39(51-36)35(16-20-44-33)49-34-15-14-30(24-32(34)43)26-38(47)42(18-19-42)37(46)25-28-10-7-6-8-11-28/h6-16,20,23-24,27H,5,17-19,21-22,25-26H2,1-4H3. The molecule has 1 aliphatic carbocycles. The highest BCUT2D eigenvalue weighted by Gasteiger charge is 2.54. The molecule has 0 aliphatic heterocycles. The Morgan fingerprint density at radius 2 is 1.57 bits per heavy atom. The number of carbonyl (C=O) groups excluding carboxylic acids is 3. The zero-order valence-electron chi connectivity index (χ0n) is 29.5. The number of ketones is 2. The van der Waals surface area contributed by atoms with Gasteiger partial charge in [0.2, 0.25) is 0 Å². The molecule has 0 unspecified atom stereocenters. The number of hydrogen-bond donors (Lipinski definition) is 0. The first kappa shape index (κ1) is 35.9. The summed E-state index contributed by atoms with van der Waals surface area (Å²) in [4.78, 5) is 46.4. The summed E-state index contributed by atoms with van der Waals surface area (Å²) in [5.41, 5.74) is 2.71. The second kappa shape index (κ2) is 15.2. The Morgan fingerprint density at radius 1 is 0.843 bits per heavy atom. The molecule has 5 aromatic rings. The molecule has 0 radical (unpaired) electrons. The molecule has 3 aromatic carbocycles. The van der Waals surface area contributed by atoms with Crippen LogP contribution >= 0.6 is 11.3 Å². The summed E-state index contributed by atoms with van der Waals surface area (Å²) >= 11 is 1.51. The van der Waals surface area contributed by atoms with Gasteiger partial charge in [-0.15, -0.1) is 11.3 Å². The quantitative estimate of drug-likeness (QED) is 0.107. The van der Waals surface area contributed by atoms with Crippen LogP contribution < -0.4 is 4.74 Å². The van der Waals surface area contributed by atoms with E-state index in [1.54, 1.807) is 23.2 Å². The van der Waals surface area contributed by atoms with Gasteiger partial charge in [-0.3, -0.25) is 14.6 Å². The van der Waals surface area contributed by atoms with Crippen LogP contribution in [0.3, 0.4) is 0 Å². The SMILES string of the molecule is CCCN(CCc1cccc(-c2cc3nccc(Oc4ccc(CC(=O)C5(C(=O)Cc6ccccc6)CC5)cc4F)c3s2)c1)C(=O)OC(C)(C)C. The van der Waals surface area contributed by atoms with Crippen LogP contribution in [0.2, 0.25) is 0 Å². The summed E-state index contributed by atoms with van der Waals surface area (Å²) in [5.74, 6) is -0.299. The van der Waals surface area contributed by atoms with E-state index in [0.717, 1.165) is 38.2 Å². The van der Waals surface area contributed by atoms with Crippen molar-refractivity contribution in [1.29, 1.82) is 0 Å². The molecule has 2 aromatic heterocycles. The minimum atomic E-state index is -0.962. The summed E-state index contributed by atoms with van der Waals surface area (Å²) in [6.07, 6.45) is 4.13. The van der Waals surface area contributed by atoms with Gasteiger partial charge in [0, 0.05) is 43.1 Å². The molecule has 0 saturated heterocycles. The summed E-state index contributed by atoms with van der Waals surface area (Å²) in [6.45, 7) is 8.82. The van der Waals surface area contributed by atoms with Gasteiger partial charge in [0.05, 0.1) is 15.6 Å². The van der Waals surface area contributed by atoms with Gasteiger partial charge < -0.3 is 14.4 Å². The molecular weight excluding hydrogens is 664 g/mol. The van der Waals surface area contributed by atoms with Gasteiger partial charge in [-0.1, -0.05) is 67.6 Å². The average molecular weight is 707 g/mol. The molecule has 0 N–H and O–H groups in total. The lowest BCUT2D eigenvalue weighted by Gasteiger charge is -2.27. The van der Waals surface area contributed by atoms with Crippen LogP contribution in [0.4, 0.5) is 9.18 Å². The van der Waals surface area contributed by atoms with Crippen molar-refractivity contribution in [2.24, 2.45) is 5.41 Å².